The van der Waals surface area contributed by atoms with Crippen molar-refractivity contribution in [3.05, 3.63) is 0 Å². The number of hydrogen-bond acceptors (Lipinski definition) is 4. The Balaban J connectivity index is 0.000000270. The summed E-state index contributed by atoms with van der Waals surface area (Å²) in [6.07, 6.45) is -1.11. The number of likely N-dealkylation sites (N-methyl/N-ethyl adjacent to an activating group) is 1. The fourth-order valence-electron chi connectivity index (χ4n) is 1.95. The monoisotopic (exact) mass is 332 g/mol. The van der Waals surface area contributed by atoms with Crippen LogP contribution in [0.4, 0.5) is 13.2 Å². The van der Waals surface area contributed by atoms with E-state index in [0.29, 0.717) is 12.6 Å². The average Bonchev–Trinajstić information content (AvgIpc) is 3.09. The van der Waals surface area contributed by atoms with Gasteiger partial charge in [-0.15, -0.1) is 0 Å². The van der Waals surface area contributed by atoms with E-state index in [1.807, 2.05) is 0 Å². The molecule has 0 radical (unpaired) electrons. The molecule has 1 aliphatic heterocycles. The van der Waals surface area contributed by atoms with Gasteiger partial charge in [0.15, 0.2) is 0 Å². The van der Waals surface area contributed by atoms with Crippen LogP contribution in [0.3, 0.4) is 0 Å². The summed E-state index contributed by atoms with van der Waals surface area (Å²) < 4.78 is 56.8. The zero-order valence-electron chi connectivity index (χ0n) is 11.6. The Morgan fingerprint density at radius 2 is 1.86 bits per heavy atom. The molecular formula is C11H19F3N2O4S. The molecule has 1 saturated carbocycles. The highest BCUT2D eigenvalue weighted by Gasteiger charge is 2.39. The molecule has 1 heterocycles. The molecule has 0 spiro atoms. The Hall–Kier alpha value is -0.870. The first-order chi connectivity index (χ1) is 9.55. The molecule has 0 aromatic heterocycles. The molecule has 124 valence electrons. The van der Waals surface area contributed by atoms with Crippen molar-refractivity contribution in [2.45, 2.75) is 43.2 Å². The molecule has 0 bridgehead atoms. The highest BCUT2D eigenvalue weighted by Crippen LogP contribution is 2.30. The number of sulfonamides is 1. The van der Waals surface area contributed by atoms with E-state index < -0.39 is 22.2 Å². The Morgan fingerprint density at radius 3 is 2.19 bits per heavy atom. The number of aliphatic carboxylic acids is 1. The van der Waals surface area contributed by atoms with Crippen LogP contribution in [0.1, 0.15) is 25.7 Å². The molecule has 0 aromatic carbocycles. The van der Waals surface area contributed by atoms with Crippen LogP contribution in [-0.4, -0.2) is 61.4 Å². The van der Waals surface area contributed by atoms with Crippen molar-refractivity contribution in [2.75, 3.05) is 20.1 Å². The lowest BCUT2D eigenvalue weighted by atomic mass is 10.2. The van der Waals surface area contributed by atoms with Gasteiger partial charge in [-0.05, 0) is 32.2 Å². The summed E-state index contributed by atoms with van der Waals surface area (Å²) in [5.74, 6) is -2.76. The Kier molecular flexibility index (Phi) is 6.00. The van der Waals surface area contributed by atoms with Crippen LogP contribution in [0.15, 0.2) is 0 Å². The molecule has 0 amide bonds. The second kappa shape index (κ2) is 6.93. The van der Waals surface area contributed by atoms with Gasteiger partial charge < -0.3 is 10.4 Å². The minimum atomic E-state index is -5.08. The van der Waals surface area contributed by atoms with Gasteiger partial charge in [0.05, 0.1) is 5.25 Å². The van der Waals surface area contributed by atoms with Gasteiger partial charge >= 0.3 is 12.1 Å². The third-order valence-corrected chi connectivity index (χ3v) is 5.59. The molecule has 6 nitrogen and oxygen atoms in total. The van der Waals surface area contributed by atoms with Crippen LogP contribution in [-0.2, 0) is 14.8 Å². The third kappa shape index (κ3) is 5.79. The molecule has 21 heavy (non-hydrogen) atoms. The maximum absolute atomic E-state index is 11.8. The van der Waals surface area contributed by atoms with Gasteiger partial charge in [-0.3, -0.25) is 0 Å². The maximum atomic E-state index is 11.8. The van der Waals surface area contributed by atoms with E-state index in [-0.39, 0.29) is 5.25 Å². The second-order valence-electron chi connectivity index (χ2n) is 5.12. The summed E-state index contributed by atoms with van der Waals surface area (Å²) in [6.45, 7) is 1.67. The summed E-state index contributed by atoms with van der Waals surface area (Å²) >= 11 is 0. The number of carboxylic acids is 1. The molecule has 0 aromatic rings. The van der Waals surface area contributed by atoms with Gasteiger partial charge in [-0.1, -0.05) is 0 Å². The summed E-state index contributed by atoms with van der Waals surface area (Å²) in [5, 5.41) is 10.4. The van der Waals surface area contributed by atoms with Crippen molar-refractivity contribution in [2.24, 2.45) is 0 Å². The standard InChI is InChI=1S/C9H18N2O2S.C2HF3O2/c1-11(7-8-3-2-6-10-8)14(12,13)9-4-5-9;3-2(4,5)1(6)7/h8-10H,2-7H2,1H3;(H,6,7)/t8-;/m0./s1. The summed E-state index contributed by atoms with van der Waals surface area (Å²) in [5.41, 5.74) is 0. The van der Waals surface area contributed by atoms with Crippen molar-refractivity contribution in [3.63, 3.8) is 0 Å². The van der Waals surface area contributed by atoms with Crippen LogP contribution in [0.5, 0.6) is 0 Å². The molecule has 1 saturated heterocycles. The number of nitrogens with one attached hydrogen (secondary N) is 1. The molecule has 2 aliphatic rings. The van der Waals surface area contributed by atoms with E-state index in [2.05, 4.69) is 5.32 Å². The minimum Gasteiger partial charge on any atom is -0.475 e. The number of carboxylic acid groups (broad SMARTS) is 1. The molecule has 2 N–H and O–H groups in total. The van der Waals surface area contributed by atoms with E-state index in [1.165, 1.54) is 10.7 Å². The van der Waals surface area contributed by atoms with Crippen molar-refractivity contribution < 1.29 is 31.5 Å². The third-order valence-electron chi connectivity index (χ3n) is 3.26. The lowest BCUT2D eigenvalue weighted by Crippen LogP contribution is -2.40. The number of carbonyl (C=O) groups is 1. The first-order valence-corrected chi connectivity index (χ1v) is 8.04. The highest BCUT2D eigenvalue weighted by molar-refractivity contribution is 7.90. The molecule has 1 aliphatic carbocycles. The number of alkyl halides is 3. The normalized spacial score (nSPS) is 22.8. The van der Waals surface area contributed by atoms with Crippen molar-refractivity contribution in [1.82, 2.24) is 9.62 Å². The van der Waals surface area contributed by atoms with Gasteiger partial charge in [0, 0.05) is 19.6 Å². The SMILES string of the molecule is CN(C[C@@H]1CCCN1)S(=O)(=O)C1CC1.O=C(O)C(F)(F)F. The molecule has 0 unspecified atom stereocenters. The Morgan fingerprint density at radius 1 is 1.33 bits per heavy atom. The maximum Gasteiger partial charge on any atom is 0.490 e. The lowest BCUT2D eigenvalue weighted by Gasteiger charge is -2.20. The minimum absolute atomic E-state index is 0.0751. The Labute approximate surface area is 121 Å². The zero-order valence-corrected chi connectivity index (χ0v) is 12.4. The molecule has 2 rings (SSSR count). The zero-order chi connectivity index (χ0) is 16.3. The molecular weight excluding hydrogens is 313 g/mol. The van der Waals surface area contributed by atoms with E-state index in [9.17, 15) is 21.6 Å². The van der Waals surface area contributed by atoms with Crippen LogP contribution in [0.2, 0.25) is 0 Å². The summed E-state index contributed by atoms with van der Waals surface area (Å²) in [6, 6.07) is 0.369. The molecule has 10 heteroatoms. The predicted molar refractivity (Wildman–Crippen MR) is 69.3 cm³/mol. The number of rotatable bonds is 4. The largest absolute Gasteiger partial charge is 0.490 e. The van der Waals surface area contributed by atoms with E-state index in [1.54, 1.807) is 7.05 Å². The van der Waals surface area contributed by atoms with E-state index >= 15 is 0 Å². The first kappa shape index (κ1) is 18.2. The number of nitrogens with zero attached hydrogens (tertiary/aromatic N) is 1. The van der Waals surface area contributed by atoms with E-state index in [0.717, 1.165) is 25.8 Å². The van der Waals surface area contributed by atoms with E-state index in [4.69, 9.17) is 9.90 Å². The fourth-order valence-corrected chi connectivity index (χ4v) is 3.58. The van der Waals surface area contributed by atoms with Crippen LogP contribution < -0.4 is 5.32 Å². The highest BCUT2D eigenvalue weighted by atomic mass is 32.2. The predicted octanol–water partition coefficient (Wildman–Crippen LogP) is 0.796. The number of hydrogen-bond donors (Lipinski definition) is 2. The van der Waals surface area contributed by atoms with Crippen LogP contribution >= 0.6 is 0 Å². The fraction of sp³-hybridized carbons (Fsp3) is 0.909. The molecule has 1 atom stereocenters. The topological polar surface area (TPSA) is 86.7 Å². The van der Waals surface area contributed by atoms with Crippen LogP contribution in [0.25, 0.3) is 0 Å². The van der Waals surface area contributed by atoms with Crippen molar-refractivity contribution in [1.29, 1.82) is 0 Å². The second-order valence-corrected chi connectivity index (χ2v) is 7.44. The molecule has 2 fully saturated rings. The van der Waals surface area contributed by atoms with Gasteiger partial charge in [0.25, 0.3) is 0 Å². The van der Waals surface area contributed by atoms with Gasteiger partial charge in [0.2, 0.25) is 10.0 Å². The van der Waals surface area contributed by atoms with Crippen molar-refractivity contribution >= 4 is 16.0 Å². The Bertz CT molecular complexity index is 457. The van der Waals surface area contributed by atoms with Gasteiger partial charge in [-0.25, -0.2) is 17.5 Å². The summed E-state index contributed by atoms with van der Waals surface area (Å²) in [4.78, 5) is 8.90. The number of halogens is 3. The summed E-state index contributed by atoms with van der Waals surface area (Å²) in [7, 11) is -1.26. The average molecular weight is 332 g/mol. The van der Waals surface area contributed by atoms with Gasteiger partial charge in [-0.2, -0.15) is 13.2 Å². The smallest absolute Gasteiger partial charge is 0.475 e. The first-order valence-electron chi connectivity index (χ1n) is 6.53. The van der Waals surface area contributed by atoms with Crippen molar-refractivity contribution in [3.8, 4) is 0 Å². The lowest BCUT2D eigenvalue weighted by molar-refractivity contribution is -0.192. The quantitative estimate of drug-likeness (QED) is 0.795. The van der Waals surface area contributed by atoms with Crippen LogP contribution in [0, 0.1) is 0 Å². The van der Waals surface area contributed by atoms with Gasteiger partial charge in [0.1, 0.15) is 0 Å².